The molecular formula is C21H22FeO8. The summed E-state index contributed by atoms with van der Waals surface area (Å²) < 4.78 is 32.5. The van der Waals surface area contributed by atoms with Crippen LogP contribution in [-0.4, -0.2) is 36.2 Å². The van der Waals surface area contributed by atoms with Gasteiger partial charge >= 0.3 is 39.9 Å². The topological polar surface area (TPSA) is 133 Å². The Balaban J connectivity index is -0.000000441. The summed E-state index contributed by atoms with van der Waals surface area (Å²) in [6, 6.07) is 9.61. The first-order valence-corrected chi connectivity index (χ1v) is 7.93. The maximum Gasteiger partial charge on any atom is 0 e. The largest absolute Gasteiger partial charge is 0 e. The fourth-order valence-electron chi connectivity index (χ4n) is 1.72. The number of benzene rings is 1. The Hall–Kier alpha value is -2.50. The number of hydrogen-bond acceptors (Lipinski definition) is 5. The van der Waals surface area contributed by atoms with Gasteiger partial charge in [0.2, 0.25) is 0 Å². The number of methoxy groups -OCH3 is 1. The van der Waals surface area contributed by atoms with Crippen molar-refractivity contribution in [1.82, 2.24) is 0 Å². The predicted octanol–water partition coefficient (Wildman–Crippen LogP) is 2.08. The molecule has 162 valence electrons. The van der Waals surface area contributed by atoms with Gasteiger partial charge in [-0.25, -0.2) is 4.79 Å². The summed E-state index contributed by atoms with van der Waals surface area (Å²) in [6.45, 7) is 15.6. The summed E-state index contributed by atoms with van der Waals surface area (Å²) in [5, 5.41) is 9.98. The molecule has 8 nitrogen and oxygen atoms in total. The van der Waals surface area contributed by atoms with Gasteiger partial charge in [0.1, 0.15) is 0 Å². The van der Waals surface area contributed by atoms with Gasteiger partial charge in [-0.15, -0.1) is 0 Å². The molecule has 0 radical (unpaired) electrons. The number of ketones is 1. The van der Waals surface area contributed by atoms with E-state index in [1.807, 2.05) is 30.3 Å². The number of allylic oxidation sites excluding steroid dienone is 3. The number of hydrogen-bond donors (Lipinski definition) is 1. The van der Waals surface area contributed by atoms with Gasteiger partial charge < -0.3 is 14.6 Å². The Morgan fingerprint density at radius 3 is 2.03 bits per heavy atom. The van der Waals surface area contributed by atoms with Crippen molar-refractivity contribution in [2.24, 2.45) is 0 Å². The third kappa shape index (κ3) is 20.2. The fraction of sp³-hybridized carbons (Fsp3) is 0.286. The third-order valence-corrected chi connectivity index (χ3v) is 3.13. The van der Waals surface area contributed by atoms with E-state index in [9.17, 15) is 14.7 Å². The number of carbonyl (C=O) groups excluding carboxylic acids is 2. The SMILES string of the molecule is COC(=O)/C=C/C=C/C(=O)C[C@H](O)[C@H](C)OCc1ccccc1.[C-]#[O+].[C-]#[O+].[C-]#[O+].[Fe]. The van der Waals surface area contributed by atoms with Crippen LogP contribution in [0.1, 0.15) is 18.9 Å². The first kappa shape index (κ1) is 35.0. The normalized spacial score (nSPS) is 11.0. The summed E-state index contributed by atoms with van der Waals surface area (Å²) in [5.74, 6) is -0.743. The molecule has 2 atom stereocenters. The van der Waals surface area contributed by atoms with Crippen molar-refractivity contribution < 1.29 is 55.2 Å². The zero-order valence-corrected chi connectivity index (χ0v) is 17.5. The summed E-state index contributed by atoms with van der Waals surface area (Å²) in [7, 11) is 1.27. The van der Waals surface area contributed by atoms with Gasteiger partial charge in [0.15, 0.2) is 5.78 Å². The molecule has 0 amide bonds. The minimum atomic E-state index is -0.888. The second-order valence-corrected chi connectivity index (χ2v) is 4.98. The average molecular weight is 458 g/mol. The molecule has 30 heavy (non-hydrogen) atoms. The van der Waals surface area contributed by atoms with Crippen LogP contribution in [0.15, 0.2) is 54.6 Å². The van der Waals surface area contributed by atoms with Gasteiger partial charge in [0, 0.05) is 29.6 Å². The smallest absolute Gasteiger partial charge is 0 e. The first-order valence-electron chi connectivity index (χ1n) is 7.93. The zero-order chi connectivity index (χ0) is 23.1. The van der Waals surface area contributed by atoms with Crippen LogP contribution in [0.5, 0.6) is 0 Å². The molecule has 9 heteroatoms. The van der Waals surface area contributed by atoms with E-state index in [2.05, 4.69) is 24.7 Å². The van der Waals surface area contributed by atoms with Crippen LogP contribution in [-0.2, 0) is 56.7 Å². The molecule has 0 fully saturated rings. The van der Waals surface area contributed by atoms with E-state index >= 15 is 0 Å². The molecule has 1 rings (SSSR count). The molecule has 0 bridgehead atoms. The van der Waals surface area contributed by atoms with Gasteiger partial charge in [-0.2, -0.15) is 0 Å². The van der Waals surface area contributed by atoms with E-state index in [1.54, 1.807) is 6.92 Å². The molecule has 0 aliphatic carbocycles. The van der Waals surface area contributed by atoms with Crippen molar-refractivity contribution in [2.75, 3.05) is 7.11 Å². The van der Waals surface area contributed by atoms with Crippen LogP contribution in [0.25, 0.3) is 0 Å². The van der Waals surface area contributed by atoms with E-state index in [1.165, 1.54) is 31.4 Å². The van der Waals surface area contributed by atoms with Crippen molar-refractivity contribution in [2.45, 2.75) is 32.2 Å². The zero-order valence-electron chi connectivity index (χ0n) is 16.4. The Kier molecular flexibility index (Phi) is 30.9. The van der Waals surface area contributed by atoms with Crippen molar-refractivity contribution in [1.29, 1.82) is 0 Å². The standard InChI is InChI=1S/C18H22O5.3CO.Fe/c1-14(23-13-15-8-4-3-5-9-15)17(20)12-16(19)10-6-7-11-18(21)22-2;3*1-2;/h3-11,14,17,20H,12-13H2,1-2H3;;;;/b10-6+,11-7+;;;;/t14-,17-;;;;/m0..../s1. The molecule has 0 aliphatic heterocycles. The van der Waals surface area contributed by atoms with Crippen LogP contribution in [0.4, 0.5) is 0 Å². The van der Waals surface area contributed by atoms with Crippen molar-refractivity contribution in [3.8, 4) is 0 Å². The molecule has 0 spiro atoms. The molecule has 0 unspecified atom stereocenters. The van der Waals surface area contributed by atoms with Gasteiger partial charge in [0.05, 0.1) is 25.9 Å². The van der Waals surface area contributed by atoms with Crippen molar-refractivity contribution in [3.63, 3.8) is 0 Å². The second-order valence-electron chi connectivity index (χ2n) is 4.98. The number of ether oxygens (including phenoxy) is 2. The predicted molar refractivity (Wildman–Crippen MR) is 98.4 cm³/mol. The van der Waals surface area contributed by atoms with Crippen molar-refractivity contribution in [3.05, 3.63) is 80.2 Å². The van der Waals surface area contributed by atoms with E-state index in [0.717, 1.165) is 5.56 Å². The van der Waals surface area contributed by atoms with Crippen LogP contribution >= 0.6 is 0 Å². The molecule has 1 aromatic carbocycles. The Morgan fingerprint density at radius 2 is 1.53 bits per heavy atom. The minimum absolute atomic E-state index is 0. The monoisotopic (exact) mass is 458 g/mol. The number of aliphatic hydroxyl groups is 1. The van der Waals surface area contributed by atoms with E-state index in [-0.39, 0.29) is 29.3 Å². The maximum atomic E-state index is 11.7. The second kappa shape index (κ2) is 26.5. The van der Waals surface area contributed by atoms with Gasteiger partial charge in [-0.3, -0.25) is 4.79 Å². The maximum absolute atomic E-state index is 11.7. The number of rotatable bonds is 9. The molecule has 0 aromatic heterocycles. The Labute approximate surface area is 186 Å². The molecule has 0 heterocycles. The number of esters is 1. The summed E-state index contributed by atoms with van der Waals surface area (Å²) >= 11 is 0. The molecule has 0 saturated heterocycles. The number of carbonyl (C=O) groups is 2. The molecule has 1 aromatic rings. The van der Waals surface area contributed by atoms with Gasteiger partial charge in [-0.1, -0.05) is 42.5 Å². The quantitative estimate of drug-likeness (QED) is 0.151. The van der Waals surface area contributed by atoms with E-state index in [4.69, 9.17) is 18.7 Å². The third-order valence-electron chi connectivity index (χ3n) is 3.13. The van der Waals surface area contributed by atoms with Gasteiger partial charge in [0.25, 0.3) is 0 Å². The first-order chi connectivity index (χ1) is 14.0. The van der Waals surface area contributed by atoms with Crippen LogP contribution in [0, 0.1) is 20.0 Å². The Morgan fingerprint density at radius 1 is 1.03 bits per heavy atom. The van der Waals surface area contributed by atoms with E-state index in [0.29, 0.717) is 6.61 Å². The van der Waals surface area contributed by atoms with Gasteiger partial charge in [-0.05, 0) is 18.6 Å². The van der Waals surface area contributed by atoms with E-state index < -0.39 is 18.2 Å². The summed E-state index contributed by atoms with van der Waals surface area (Å²) in [6.07, 6.45) is 3.95. The summed E-state index contributed by atoms with van der Waals surface area (Å²) in [5.41, 5.74) is 1.01. The van der Waals surface area contributed by atoms with Crippen LogP contribution < -0.4 is 0 Å². The van der Waals surface area contributed by atoms with Crippen molar-refractivity contribution >= 4 is 11.8 Å². The van der Waals surface area contributed by atoms with Crippen LogP contribution in [0.3, 0.4) is 0 Å². The molecule has 0 aliphatic rings. The number of aliphatic hydroxyl groups excluding tert-OH is 1. The molecule has 1 N–H and O–H groups in total. The summed E-state index contributed by atoms with van der Waals surface area (Å²) in [4.78, 5) is 22.5. The molecular weight excluding hydrogens is 436 g/mol. The fourth-order valence-corrected chi connectivity index (χ4v) is 1.72. The molecule has 0 saturated carbocycles. The average Bonchev–Trinajstić information content (AvgIpc) is 2.79. The van der Waals surface area contributed by atoms with Crippen LogP contribution in [0.2, 0.25) is 0 Å². The Bertz CT molecular complexity index is 663. The minimum Gasteiger partial charge on any atom is 0 e.